The molecule has 20 nitrogen and oxygen atoms in total. The third kappa shape index (κ3) is 6.29. The summed E-state index contributed by atoms with van der Waals surface area (Å²) in [6.07, 6.45) is -11.0. The zero-order chi connectivity index (χ0) is 34.9. The molecule has 3 saturated heterocycles. The van der Waals surface area contributed by atoms with Crippen LogP contribution in [0.5, 0.6) is 0 Å². The lowest BCUT2D eigenvalue weighted by atomic mass is 10.1. The van der Waals surface area contributed by atoms with Crippen LogP contribution < -0.4 is 10.6 Å². The number of rotatable bonds is 0. The lowest BCUT2D eigenvalue weighted by Crippen LogP contribution is -2.37. The predicted molar refractivity (Wildman–Crippen MR) is 172 cm³/mol. The van der Waals surface area contributed by atoms with Crippen LogP contribution in [0.2, 0.25) is 0 Å². The first-order chi connectivity index (χ1) is 23.9. The molecule has 0 aliphatic carbocycles. The molecule has 12 atom stereocenters. The van der Waals surface area contributed by atoms with Gasteiger partial charge in [-0.15, -0.1) is 0 Å². The molecule has 4 aromatic heterocycles. The van der Waals surface area contributed by atoms with Crippen LogP contribution >= 0.6 is 25.8 Å². The smallest absolute Gasteiger partial charge is 0.386 e. The number of ether oxygens (including phenoxy) is 2. The number of hydrogen-bond acceptors (Lipinski definition) is 18. The molecule has 50 heavy (non-hydrogen) atoms. The summed E-state index contributed by atoms with van der Waals surface area (Å²) in [7, 11) is 0. The highest BCUT2D eigenvalue weighted by Gasteiger charge is 2.54. The minimum atomic E-state index is -4.42. The maximum atomic E-state index is 16.3. The van der Waals surface area contributed by atoms with Gasteiger partial charge in [0.1, 0.15) is 37.1 Å². The van der Waals surface area contributed by atoms with Crippen molar-refractivity contribution in [2.24, 2.45) is 0 Å². The van der Waals surface area contributed by atoms with Crippen LogP contribution in [0.1, 0.15) is 12.5 Å². The van der Waals surface area contributed by atoms with Gasteiger partial charge >= 0.3 is 13.5 Å². The molecule has 4 aromatic rings. The Labute approximate surface area is 289 Å². The molecule has 3 fully saturated rings. The first-order valence-corrected chi connectivity index (χ1v) is 20.3. The quantitative estimate of drug-likeness (QED) is 0.107. The van der Waals surface area contributed by atoms with Crippen LogP contribution in [0.3, 0.4) is 0 Å². The fraction of sp³-hybridized carbons (Fsp3) is 0.583. The van der Waals surface area contributed by atoms with E-state index in [0.29, 0.717) is 0 Å². The maximum Gasteiger partial charge on any atom is 0.386 e. The Morgan fingerprint density at radius 1 is 0.800 bits per heavy atom. The topological polar surface area (TPSA) is 244 Å². The number of nitrogens with zero attached hydrogens (tertiary/aromatic N) is 8. The van der Waals surface area contributed by atoms with Gasteiger partial charge < -0.3 is 39.7 Å². The predicted octanol–water partition coefficient (Wildman–Crippen LogP) is 0.768. The van der Waals surface area contributed by atoms with Gasteiger partial charge in [-0.25, -0.2) is 43.2 Å². The SMILES string of the molecule is O=P1(S)OCC2OC3[C@H](F)[C@@H]2OP(O)(=S)OCC2O[C@H]([C@H](F)[C@@H]2O1)n1cnc2c(ncnc21)NC[C@H](O)[C@@H](O)CNc1ncnc2c1ncn23. The highest BCUT2D eigenvalue weighted by Crippen LogP contribution is 2.58. The van der Waals surface area contributed by atoms with Gasteiger partial charge in [-0.05, 0) is 11.8 Å². The van der Waals surface area contributed by atoms with Gasteiger partial charge in [0, 0.05) is 13.1 Å². The minimum Gasteiger partial charge on any atom is -0.389 e. The van der Waals surface area contributed by atoms with Gasteiger partial charge in [0.25, 0.3) is 0 Å². The number of thiol groups is 1. The van der Waals surface area contributed by atoms with Gasteiger partial charge in [0.15, 0.2) is 58.8 Å². The standard InChI is InChI=1S/C24H28F2N10O10P2S2/c25-13-17-11-3-41-48(40,50)46-18-12(4-42-47(39,49)45-17)44-24(14(18)26)36-8-34-16-20(30-6-32-22(16)36)28-2-10(38)9(37)1-27-19-15-21(31-5-29-19)35(7-33-15)23(13)43-11/h5-14,17-18,23-24,37-38H,1-4H2,(H,39,49)(H,40,50)(H,27,29,31)(H,28,30,32)/t9-,10-,11?,12?,13+,14+,17+,18+,23+,24?,47?,48?/m0/s1. The number of anilines is 2. The normalized spacial score (nSPS) is 39.6. The fourth-order valence-electron chi connectivity index (χ4n) is 6.07. The summed E-state index contributed by atoms with van der Waals surface area (Å²) in [5.74, 6) is 0.302. The Bertz CT molecular complexity index is 1880. The van der Waals surface area contributed by atoms with Crippen LogP contribution in [-0.4, -0.2) is 129 Å². The molecule has 0 aromatic carbocycles. The molecular weight excluding hydrogens is 752 g/mol. The number of hydrogen-bond donors (Lipinski definition) is 6. The van der Waals surface area contributed by atoms with Gasteiger partial charge in [0.2, 0.25) is 0 Å². The highest BCUT2D eigenvalue weighted by molar-refractivity contribution is 8.44. The van der Waals surface area contributed by atoms with Crippen molar-refractivity contribution in [3.8, 4) is 0 Å². The summed E-state index contributed by atoms with van der Waals surface area (Å²) in [4.78, 5) is 36.4. The first-order valence-electron chi connectivity index (χ1n) is 15.0. The van der Waals surface area contributed by atoms with E-state index in [1.165, 1.54) is 34.4 Å². The van der Waals surface area contributed by atoms with Crippen molar-refractivity contribution in [3.05, 3.63) is 25.3 Å². The molecule has 0 saturated carbocycles. The van der Waals surface area contributed by atoms with Crippen LogP contribution in [0.15, 0.2) is 25.3 Å². The molecule has 5 unspecified atom stereocenters. The van der Waals surface area contributed by atoms with Gasteiger partial charge in [-0.3, -0.25) is 22.7 Å². The van der Waals surface area contributed by atoms with Crippen molar-refractivity contribution in [3.63, 3.8) is 0 Å². The van der Waals surface area contributed by atoms with Crippen molar-refractivity contribution >= 4 is 71.5 Å². The van der Waals surface area contributed by atoms with Gasteiger partial charge in [-0.1, -0.05) is 12.2 Å². The zero-order valence-corrected chi connectivity index (χ0v) is 28.7. The van der Waals surface area contributed by atoms with Crippen LogP contribution in [0, 0.1) is 0 Å². The van der Waals surface area contributed by atoms with Crippen LogP contribution in [0.25, 0.3) is 22.3 Å². The van der Waals surface area contributed by atoms with E-state index in [2.05, 4.69) is 52.8 Å². The molecule has 9 heterocycles. The lowest BCUT2D eigenvalue weighted by Gasteiger charge is -2.29. The zero-order valence-electron chi connectivity index (χ0n) is 25.2. The summed E-state index contributed by atoms with van der Waals surface area (Å²) in [6, 6.07) is 0. The van der Waals surface area contributed by atoms with Crippen molar-refractivity contribution in [1.82, 2.24) is 39.0 Å². The van der Waals surface area contributed by atoms with E-state index in [0.717, 1.165) is 0 Å². The number of halogens is 2. The number of aromatic nitrogens is 8. The second-order valence-electron chi connectivity index (χ2n) is 11.7. The van der Waals surface area contributed by atoms with Gasteiger partial charge in [-0.2, -0.15) is 0 Å². The van der Waals surface area contributed by atoms with E-state index in [4.69, 9.17) is 39.4 Å². The minimum absolute atomic E-state index is 0.0983. The second kappa shape index (κ2) is 13.1. The number of alkyl halides is 2. The maximum absolute atomic E-state index is 16.3. The molecule has 0 spiro atoms. The summed E-state index contributed by atoms with van der Waals surface area (Å²) < 4.78 is 82.6. The number of nitrogens with one attached hydrogen (secondary N) is 2. The van der Waals surface area contributed by atoms with Gasteiger partial charge in [0.05, 0.1) is 38.1 Å². The van der Waals surface area contributed by atoms with E-state index in [-0.39, 0.29) is 47.1 Å². The Balaban J connectivity index is 1.21. The Morgan fingerprint density at radius 2 is 1.28 bits per heavy atom. The summed E-state index contributed by atoms with van der Waals surface area (Å²) >= 11 is 9.25. The number of aliphatic hydroxyl groups excluding tert-OH is 2. The Kier molecular flexibility index (Phi) is 9.06. The molecule has 26 heteroatoms. The molecule has 270 valence electrons. The van der Waals surface area contributed by atoms with E-state index >= 15 is 8.78 Å². The van der Waals surface area contributed by atoms with Crippen molar-refractivity contribution in [2.45, 2.75) is 61.4 Å². The Morgan fingerprint density at radius 3 is 1.80 bits per heavy atom. The van der Waals surface area contributed by atoms with E-state index in [1.54, 1.807) is 0 Å². The van der Waals surface area contributed by atoms with Crippen molar-refractivity contribution in [1.29, 1.82) is 0 Å². The number of fused-ring (bicyclic) bond motifs is 11. The molecule has 0 amide bonds. The number of aliphatic hydroxyl groups is 2. The van der Waals surface area contributed by atoms with E-state index in [1.807, 2.05) is 0 Å². The third-order valence-electron chi connectivity index (χ3n) is 8.51. The molecule has 0 radical (unpaired) electrons. The molecule has 14 bridgehead atoms. The van der Waals surface area contributed by atoms with Crippen LogP contribution in [-0.2, 0) is 43.9 Å². The molecule has 9 rings (SSSR count). The van der Waals surface area contributed by atoms with Crippen molar-refractivity contribution in [2.75, 3.05) is 36.9 Å². The monoisotopic (exact) mass is 780 g/mol. The largest absolute Gasteiger partial charge is 0.389 e. The summed E-state index contributed by atoms with van der Waals surface area (Å²) in [5, 5.41) is 27.3. The average molecular weight is 781 g/mol. The third-order valence-corrected chi connectivity index (χ3v) is 11.7. The summed E-state index contributed by atoms with van der Waals surface area (Å²) in [6.45, 7) is -10.4. The fourth-order valence-corrected chi connectivity index (χ4v) is 8.99. The molecule has 5 N–H and O–H groups in total. The number of imidazole rings is 2. The Hall–Kier alpha value is -2.57. The lowest BCUT2D eigenvalue weighted by molar-refractivity contribution is -0.0564. The average Bonchev–Trinajstić information content (AvgIpc) is 3.85. The van der Waals surface area contributed by atoms with E-state index < -0.39 is 88.2 Å². The van der Waals surface area contributed by atoms with Crippen LogP contribution in [0.4, 0.5) is 20.4 Å². The summed E-state index contributed by atoms with van der Waals surface area (Å²) in [5.41, 5.74) is 0.520. The van der Waals surface area contributed by atoms with Crippen molar-refractivity contribution < 1.29 is 56.0 Å². The second-order valence-corrected chi connectivity index (χ2v) is 17.3. The highest BCUT2D eigenvalue weighted by atomic mass is 32.7. The van der Waals surface area contributed by atoms with E-state index in [9.17, 15) is 19.7 Å². The molecule has 5 aliphatic heterocycles. The molecular formula is C24H28F2N10O10P2S2. The molecule has 5 aliphatic rings. The first kappa shape index (κ1) is 34.5.